The van der Waals surface area contributed by atoms with E-state index in [0.717, 1.165) is 11.3 Å². The van der Waals surface area contributed by atoms with Crippen molar-refractivity contribution < 1.29 is 19.5 Å². The van der Waals surface area contributed by atoms with E-state index in [1.165, 1.54) is 11.8 Å². The van der Waals surface area contributed by atoms with Crippen molar-refractivity contribution in [2.75, 3.05) is 12.3 Å². The molecule has 5 nitrogen and oxygen atoms in total. The molecular weight excluding hydrogens is 302 g/mol. The van der Waals surface area contributed by atoms with E-state index in [0.29, 0.717) is 22.7 Å². The lowest BCUT2D eigenvalue weighted by Crippen LogP contribution is -2.29. The summed E-state index contributed by atoms with van der Waals surface area (Å²) in [6.07, 6.45) is -0.341. The van der Waals surface area contributed by atoms with Crippen LogP contribution in [0.3, 0.4) is 0 Å². The number of ketones is 1. The summed E-state index contributed by atoms with van der Waals surface area (Å²) in [6.45, 7) is 2.43. The Kier molecular flexibility index (Phi) is 3.78. The fraction of sp³-hybridized carbons (Fsp3) is 0.312. The van der Waals surface area contributed by atoms with Crippen molar-refractivity contribution >= 4 is 29.4 Å². The molecule has 1 atom stereocenters. The standard InChI is InChI=1S/C16H15NO4S/c1-9-3-2-4-10(7-9)14(20)13-11(8-12(18)19)15(21)17-5-6-22-16(13)17/h2-4,7,11H,5-6,8H2,1H3,(H,18,19)/t11-/m0/s1. The number of amides is 1. The molecule has 1 saturated heterocycles. The Bertz CT molecular complexity index is 710. The monoisotopic (exact) mass is 317 g/mol. The Morgan fingerprint density at radius 2 is 2.18 bits per heavy atom. The molecule has 2 heterocycles. The highest BCUT2D eigenvalue weighted by Crippen LogP contribution is 2.43. The number of thioether (sulfide) groups is 1. The Morgan fingerprint density at radius 3 is 2.86 bits per heavy atom. The first kappa shape index (κ1) is 14.8. The van der Waals surface area contributed by atoms with Gasteiger partial charge in [-0.3, -0.25) is 14.4 Å². The smallest absolute Gasteiger partial charge is 0.304 e. The number of aliphatic carboxylic acids is 1. The molecular formula is C16H15NO4S. The van der Waals surface area contributed by atoms with E-state index in [-0.39, 0.29) is 18.1 Å². The first-order valence-corrected chi connectivity index (χ1v) is 7.99. The van der Waals surface area contributed by atoms with Gasteiger partial charge < -0.3 is 10.0 Å². The summed E-state index contributed by atoms with van der Waals surface area (Å²) in [7, 11) is 0. The summed E-state index contributed by atoms with van der Waals surface area (Å²) < 4.78 is 0. The number of rotatable bonds is 4. The number of carboxylic acid groups (broad SMARTS) is 1. The maximum atomic E-state index is 12.8. The van der Waals surface area contributed by atoms with Gasteiger partial charge in [-0.1, -0.05) is 23.8 Å². The van der Waals surface area contributed by atoms with E-state index in [4.69, 9.17) is 5.11 Å². The van der Waals surface area contributed by atoms with Crippen molar-refractivity contribution in [2.45, 2.75) is 13.3 Å². The summed E-state index contributed by atoms with van der Waals surface area (Å²) in [5, 5.41) is 9.70. The molecule has 3 rings (SSSR count). The Labute approximate surface area is 132 Å². The molecule has 0 spiro atoms. The van der Waals surface area contributed by atoms with E-state index in [1.807, 2.05) is 13.0 Å². The molecule has 114 valence electrons. The molecule has 1 aromatic rings. The Hall–Kier alpha value is -2.08. The SMILES string of the molecule is Cc1cccc(C(=O)C2=C3SCCN3C(=O)[C@H]2CC(=O)O)c1. The molecule has 2 aliphatic rings. The molecule has 1 amide bonds. The minimum atomic E-state index is -1.07. The van der Waals surface area contributed by atoms with Gasteiger partial charge in [0.05, 0.1) is 17.4 Å². The summed E-state index contributed by atoms with van der Waals surface area (Å²) in [4.78, 5) is 37.9. The zero-order chi connectivity index (χ0) is 15.9. The molecule has 0 radical (unpaired) electrons. The number of fused-ring (bicyclic) bond motifs is 1. The average Bonchev–Trinajstić information content (AvgIpc) is 3.02. The van der Waals surface area contributed by atoms with Gasteiger partial charge in [-0.2, -0.15) is 0 Å². The van der Waals surface area contributed by atoms with Crippen LogP contribution in [0.15, 0.2) is 34.9 Å². The third-order valence-corrected chi connectivity index (χ3v) is 4.95. The highest BCUT2D eigenvalue weighted by molar-refractivity contribution is 8.03. The molecule has 0 saturated carbocycles. The lowest BCUT2D eigenvalue weighted by Gasteiger charge is -2.12. The molecule has 2 aliphatic heterocycles. The van der Waals surface area contributed by atoms with E-state index >= 15 is 0 Å². The number of carbonyl (C=O) groups excluding carboxylic acids is 2. The van der Waals surface area contributed by atoms with E-state index in [1.54, 1.807) is 23.1 Å². The first-order chi connectivity index (χ1) is 10.5. The summed E-state index contributed by atoms with van der Waals surface area (Å²) in [6, 6.07) is 7.14. The van der Waals surface area contributed by atoms with Crippen LogP contribution in [0, 0.1) is 12.8 Å². The summed E-state index contributed by atoms with van der Waals surface area (Å²) in [5.74, 6) is -1.70. The number of nitrogens with zero attached hydrogens (tertiary/aromatic N) is 1. The van der Waals surface area contributed by atoms with Crippen molar-refractivity contribution in [1.29, 1.82) is 0 Å². The molecule has 1 N–H and O–H groups in total. The van der Waals surface area contributed by atoms with Gasteiger partial charge in [0.1, 0.15) is 0 Å². The Balaban J connectivity index is 2.04. The molecule has 0 bridgehead atoms. The van der Waals surface area contributed by atoms with Crippen molar-refractivity contribution in [3.63, 3.8) is 0 Å². The van der Waals surface area contributed by atoms with Crippen LogP contribution in [0.5, 0.6) is 0 Å². The predicted molar refractivity (Wildman–Crippen MR) is 82.4 cm³/mol. The topological polar surface area (TPSA) is 74.7 Å². The highest BCUT2D eigenvalue weighted by atomic mass is 32.2. The summed E-state index contributed by atoms with van der Waals surface area (Å²) in [5.41, 5.74) is 1.80. The number of carbonyl (C=O) groups is 3. The van der Waals surface area contributed by atoms with Crippen molar-refractivity contribution in [1.82, 2.24) is 4.90 Å². The first-order valence-electron chi connectivity index (χ1n) is 7.00. The zero-order valence-electron chi connectivity index (χ0n) is 12.0. The Morgan fingerprint density at radius 1 is 1.41 bits per heavy atom. The quantitative estimate of drug-likeness (QED) is 0.861. The second kappa shape index (κ2) is 5.61. The molecule has 6 heteroatoms. The fourth-order valence-corrected chi connectivity index (χ4v) is 4.06. The third kappa shape index (κ3) is 2.43. The van der Waals surface area contributed by atoms with Crippen LogP contribution < -0.4 is 0 Å². The van der Waals surface area contributed by atoms with Crippen molar-refractivity contribution in [3.8, 4) is 0 Å². The average molecular weight is 317 g/mol. The third-order valence-electron chi connectivity index (χ3n) is 3.85. The van der Waals surface area contributed by atoms with Crippen LogP contribution in [0.1, 0.15) is 22.3 Å². The molecule has 0 aromatic heterocycles. The van der Waals surface area contributed by atoms with E-state index in [9.17, 15) is 14.4 Å². The van der Waals surface area contributed by atoms with E-state index in [2.05, 4.69) is 0 Å². The van der Waals surface area contributed by atoms with Gasteiger partial charge in [-0.25, -0.2) is 0 Å². The number of benzene rings is 1. The normalized spacial score (nSPS) is 20.5. The van der Waals surface area contributed by atoms with Gasteiger partial charge in [-0.15, -0.1) is 11.8 Å². The van der Waals surface area contributed by atoms with Gasteiger partial charge >= 0.3 is 5.97 Å². The summed E-state index contributed by atoms with van der Waals surface area (Å²) >= 11 is 1.45. The van der Waals surface area contributed by atoms with Gasteiger partial charge in [0, 0.05) is 23.4 Å². The van der Waals surface area contributed by atoms with Gasteiger partial charge in [0.25, 0.3) is 0 Å². The van der Waals surface area contributed by atoms with Crippen LogP contribution in [-0.2, 0) is 9.59 Å². The molecule has 0 aliphatic carbocycles. The van der Waals surface area contributed by atoms with Crippen molar-refractivity contribution in [3.05, 3.63) is 46.0 Å². The number of hydrogen-bond acceptors (Lipinski definition) is 4. The van der Waals surface area contributed by atoms with Crippen LogP contribution in [-0.4, -0.2) is 40.0 Å². The molecule has 1 aromatic carbocycles. The minimum absolute atomic E-state index is 0.241. The maximum absolute atomic E-state index is 12.8. The minimum Gasteiger partial charge on any atom is -0.481 e. The van der Waals surface area contributed by atoms with Gasteiger partial charge in [-0.05, 0) is 13.0 Å². The molecule has 0 unspecified atom stereocenters. The molecule has 1 fully saturated rings. The fourth-order valence-electron chi connectivity index (χ4n) is 2.87. The van der Waals surface area contributed by atoms with Crippen LogP contribution in [0.2, 0.25) is 0 Å². The number of carboxylic acids is 1. The number of aryl methyl sites for hydroxylation is 1. The number of Topliss-reactive ketones (excluding diaryl/α,β-unsaturated/α-hetero) is 1. The van der Waals surface area contributed by atoms with Gasteiger partial charge in [0.15, 0.2) is 5.78 Å². The van der Waals surface area contributed by atoms with Crippen LogP contribution >= 0.6 is 11.8 Å². The lowest BCUT2D eigenvalue weighted by atomic mass is 9.91. The predicted octanol–water partition coefficient (Wildman–Crippen LogP) is 2.07. The zero-order valence-corrected chi connectivity index (χ0v) is 12.9. The molecule has 22 heavy (non-hydrogen) atoms. The van der Waals surface area contributed by atoms with Gasteiger partial charge in [0.2, 0.25) is 5.91 Å². The maximum Gasteiger partial charge on any atom is 0.304 e. The lowest BCUT2D eigenvalue weighted by molar-refractivity contribution is -0.141. The van der Waals surface area contributed by atoms with Crippen LogP contribution in [0.4, 0.5) is 0 Å². The van der Waals surface area contributed by atoms with E-state index < -0.39 is 11.9 Å². The van der Waals surface area contributed by atoms with Crippen LogP contribution in [0.25, 0.3) is 0 Å². The van der Waals surface area contributed by atoms with Crippen molar-refractivity contribution in [2.24, 2.45) is 5.92 Å². The second-order valence-electron chi connectivity index (χ2n) is 5.41. The largest absolute Gasteiger partial charge is 0.481 e. The second-order valence-corrected chi connectivity index (χ2v) is 6.49. The highest BCUT2D eigenvalue weighted by Gasteiger charge is 2.45. The number of hydrogen-bond donors (Lipinski definition) is 1.